The molecule has 0 aliphatic carbocycles. The molecule has 6 nitrogen and oxygen atoms in total. The maximum Gasteiger partial charge on any atom is 0.253 e. The molecular weight excluding hydrogens is 441 g/mol. The van der Waals surface area contributed by atoms with Crippen LogP contribution in [0.25, 0.3) is 22.0 Å². The van der Waals surface area contributed by atoms with Gasteiger partial charge in [-0.1, -0.05) is 6.07 Å². The molecule has 2 aromatic heterocycles. The van der Waals surface area contributed by atoms with Crippen LogP contribution < -0.4 is 4.90 Å². The number of likely N-dealkylation sites (tertiary alicyclic amines) is 1. The molecule has 0 saturated carbocycles. The summed E-state index contributed by atoms with van der Waals surface area (Å²) in [5, 5.41) is 0.888. The van der Waals surface area contributed by atoms with Crippen LogP contribution in [0.2, 0.25) is 0 Å². The number of pyridine rings is 1. The van der Waals surface area contributed by atoms with Crippen LogP contribution in [0, 0.1) is 12.7 Å². The van der Waals surface area contributed by atoms with Gasteiger partial charge in [0.05, 0.1) is 5.52 Å². The van der Waals surface area contributed by atoms with Gasteiger partial charge in [-0.15, -0.1) is 0 Å². The van der Waals surface area contributed by atoms with Gasteiger partial charge in [-0.2, -0.15) is 0 Å². The van der Waals surface area contributed by atoms with Gasteiger partial charge in [0.15, 0.2) is 0 Å². The zero-order chi connectivity index (χ0) is 23.9. The third kappa shape index (κ3) is 3.91. The molecular formula is C28H26FN5O. The van der Waals surface area contributed by atoms with Gasteiger partial charge >= 0.3 is 0 Å². The predicted molar refractivity (Wildman–Crippen MR) is 134 cm³/mol. The number of nitrogens with zero attached hydrogens (tertiary/aromatic N) is 5. The molecule has 0 N–H and O–H groups in total. The molecule has 6 rings (SSSR count). The lowest BCUT2D eigenvalue weighted by atomic mass is 9.96. The Labute approximate surface area is 203 Å². The summed E-state index contributed by atoms with van der Waals surface area (Å²) in [6, 6.07) is 11.4. The van der Waals surface area contributed by atoms with E-state index < -0.39 is 0 Å². The number of hydrogen-bond donors (Lipinski definition) is 0. The number of anilines is 1. The number of halogens is 1. The minimum absolute atomic E-state index is 0.119. The molecule has 1 saturated heterocycles. The molecule has 176 valence electrons. The largest absolute Gasteiger partial charge is 0.351 e. The van der Waals surface area contributed by atoms with Crippen molar-refractivity contribution in [1.82, 2.24) is 19.9 Å². The van der Waals surface area contributed by atoms with Crippen LogP contribution in [-0.2, 0) is 13.0 Å². The summed E-state index contributed by atoms with van der Waals surface area (Å²) in [4.78, 5) is 30.4. The predicted octanol–water partition coefficient (Wildman–Crippen LogP) is 4.94. The number of hydrogen-bond acceptors (Lipinski definition) is 5. The van der Waals surface area contributed by atoms with E-state index in [-0.39, 0.29) is 11.7 Å². The summed E-state index contributed by atoms with van der Waals surface area (Å²) >= 11 is 0. The Hall–Kier alpha value is -3.87. The average Bonchev–Trinajstić information content (AvgIpc) is 3.43. The molecule has 1 amide bonds. The van der Waals surface area contributed by atoms with E-state index >= 15 is 0 Å². The van der Waals surface area contributed by atoms with Gasteiger partial charge in [-0.3, -0.25) is 9.78 Å². The van der Waals surface area contributed by atoms with E-state index in [4.69, 9.17) is 0 Å². The molecule has 7 heteroatoms. The van der Waals surface area contributed by atoms with Crippen molar-refractivity contribution >= 4 is 22.6 Å². The van der Waals surface area contributed by atoms with Crippen LogP contribution in [0.5, 0.6) is 0 Å². The van der Waals surface area contributed by atoms with Crippen molar-refractivity contribution in [3.05, 3.63) is 83.2 Å². The van der Waals surface area contributed by atoms with Crippen LogP contribution in [0.3, 0.4) is 0 Å². The van der Waals surface area contributed by atoms with Gasteiger partial charge in [0.25, 0.3) is 5.91 Å². The van der Waals surface area contributed by atoms with Crippen LogP contribution in [0.4, 0.5) is 10.2 Å². The minimum Gasteiger partial charge on any atom is -0.351 e. The van der Waals surface area contributed by atoms with E-state index in [9.17, 15) is 9.18 Å². The highest BCUT2D eigenvalue weighted by Crippen LogP contribution is 2.34. The van der Waals surface area contributed by atoms with Crippen molar-refractivity contribution in [3.63, 3.8) is 0 Å². The maximum atomic E-state index is 14.5. The number of aromatic nitrogens is 3. The first-order chi connectivity index (χ1) is 17.1. The Balaban J connectivity index is 1.38. The summed E-state index contributed by atoms with van der Waals surface area (Å²) in [5.74, 6) is 0.638. The van der Waals surface area contributed by atoms with Crippen LogP contribution in [0.15, 0.2) is 55.1 Å². The van der Waals surface area contributed by atoms with Gasteiger partial charge in [-0.05, 0) is 78.8 Å². The minimum atomic E-state index is -0.306. The molecule has 0 radical (unpaired) electrons. The zero-order valence-corrected chi connectivity index (χ0v) is 19.7. The van der Waals surface area contributed by atoms with E-state index in [0.717, 1.165) is 77.9 Å². The van der Waals surface area contributed by atoms with E-state index in [1.165, 1.54) is 17.8 Å². The van der Waals surface area contributed by atoms with Crippen molar-refractivity contribution in [2.45, 2.75) is 32.7 Å². The van der Waals surface area contributed by atoms with Crippen molar-refractivity contribution < 1.29 is 9.18 Å². The van der Waals surface area contributed by atoms with E-state index in [1.54, 1.807) is 12.5 Å². The first-order valence-electron chi connectivity index (χ1n) is 12.1. The van der Waals surface area contributed by atoms with Gasteiger partial charge in [0.1, 0.15) is 18.0 Å². The first-order valence-corrected chi connectivity index (χ1v) is 12.1. The lowest BCUT2D eigenvalue weighted by Crippen LogP contribution is -2.32. The number of carbonyl (C=O) groups is 1. The number of fused-ring (bicyclic) bond motifs is 2. The number of carbonyl (C=O) groups excluding carboxylic acids is 1. The van der Waals surface area contributed by atoms with Gasteiger partial charge in [0, 0.05) is 55.1 Å². The summed E-state index contributed by atoms with van der Waals surface area (Å²) in [6.07, 6.45) is 7.63. The molecule has 35 heavy (non-hydrogen) atoms. The smallest absolute Gasteiger partial charge is 0.253 e. The van der Waals surface area contributed by atoms with Crippen molar-refractivity contribution in [3.8, 4) is 11.1 Å². The maximum absolute atomic E-state index is 14.5. The molecule has 0 bridgehead atoms. The Morgan fingerprint density at radius 1 is 1.00 bits per heavy atom. The lowest BCUT2D eigenvalue weighted by Gasteiger charge is -2.31. The highest BCUT2D eigenvalue weighted by atomic mass is 19.1. The van der Waals surface area contributed by atoms with Crippen LogP contribution >= 0.6 is 0 Å². The number of rotatable bonds is 3. The van der Waals surface area contributed by atoms with Crippen molar-refractivity contribution in [2.24, 2.45) is 0 Å². The average molecular weight is 468 g/mol. The Kier molecular flexibility index (Phi) is 5.40. The van der Waals surface area contributed by atoms with Gasteiger partial charge in [-0.25, -0.2) is 14.4 Å². The number of amides is 1. The second-order valence-corrected chi connectivity index (χ2v) is 9.40. The van der Waals surface area contributed by atoms with Crippen molar-refractivity contribution in [1.29, 1.82) is 0 Å². The second kappa shape index (κ2) is 8.73. The lowest BCUT2D eigenvalue weighted by molar-refractivity contribution is 0.0792. The summed E-state index contributed by atoms with van der Waals surface area (Å²) < 4.78 is 14.5. The topological polar surface area (TPSA) is 62.2 Å². The molecule has 4 aromatic rings. The number of benzene rings is 2. The van der Waals surface area contributed by atoms with Gasteiger partial charge in [0.2, 0.25) is 0 Å². The molecule has 4 heterocycles. The molecule has 2 aliphatic rings. The molecule has 2 aliphatic heterocycles. The van der Waals surface area contributed by atoms with Gasteiger partial charge < -0.3 is 9.80 Å². The molecule has 0 spiro atoms. The van der Waals surface area contributed by atoms with Crippen molar-refractivity contribution in [2.75, 3.05) is 24.5 Å². The highest BCUT2D eigenvalue weighted by Gasteiger charge is 2.24. The fourth-order valence-corrected chi connectivity index (χ4v) is 5.30. The molecule has 1 fully saturated rings. The summed E-state index contributed by atoms with van der Waals surface area (Å²) in [7, 11) is 0. The highest BCUT2D eigenvalue weighted by molar-refractivity contribution is 5.96. The Bertz CT molecular complexity index is 1450. The Morgan fingerprint density at radius 2 is 1.86 bits per heavy atom. The SMILES string of the molecule is Cc1cc(-c2cnccc2F)cc2c(N3CCc4ccc(C(=O)N5CCCC5)cc4C3)ncnc12. The Morgan fingerprint density at radius 3 is 2.69 bits per heavy atom. The summed E-state index contributed by atoms with van der Waals surface area (Å²) in [6.45, 7) is 5.14. The second-order valence-electron chi connectivity index (χ2n) is 9.40. The quantitative estimate of drug-likeness (QED) is 0.427. The zero-order valence-electron chi connectivity index (χ0n) is 19.7. The van der Waals surface area contributed by atoms with E-state index in [2.05, 4.69) is 25.9 Å². The molecule has 2 aromatic carbocycles. The first kappa shape index (κ1) is 21.6. The normalized spacial score (nSPS) is 15.5. The third-order valence-corrected chi connectivity index (χ3v) is 7.15. The molecule has 0 unspecified atom stereocenters. The fourth-order valence-electron chi connectivity index (χ4n) is 5.30. The molecule has 0 atom stereocenters. The van der Waals surface area contributed by atoms with Crippen LogP contribution in [-0.4, -0.2) is 45.4 Å². The van der Waals surface area contributed by atoms with E-state index in [0.29, 0.717) is 12.1 Å². The monoisotopic (exact) mass is 467 g/mol. The third-order valence-electron chi connectivity index (χ3n) is 7.15. The summed E-state index contributed by atoms with van der Waals surface area (Å²) in [5.41, 5.74) is 6.21. The standard InChI is InChI=1S/C28H26FN5O/c1-18-12-21(24-15-30-8-6-25(24)29)14-23-26(18)31-17-32-27(23)34-11-7-19-4-5-20(13-22(19)16-34)28(35)33-9-2-3-10-33/h4-6,8,12-15,17H,2-3,7,9-11,16H2,1H3. The van der Waals surface area contributed by atoms with E-state index in [1.807, 2.05) is 36.1 Å². The van der Waals surface area contributed by atoms with Crippen LogP contribution in [0.1, 0.15) is 39.9 Å². The fraction of sp³-hybridized carbons (Fsp3) is 0.286. The number of aryl methyl sites for hydroxylation is 1.